The van der Waals surface area contributed by atoms with Crippen LogP contribution in [0, 0.1) is 11.3 Å². The summed E-state index contributed by atoms with van der Waals surface area (Å²) in [6, 6.07) is 19.4. The molecule has 3 aromatic carbocycles. The summed E-state index contributed by atoms with van der Waals surface area (Å²) in [4.78, 5) is 34.3. The zero-order valence-electron chi connectivity index (χ0n) is 19.4. The van der Waals surface area contributed by atoms with Gasteiger partial charge in [0.15, 0.2) is 0 Å². The van der Waals surface area contributed by atoms with E-state index in [1.807, 2.05) is 18.2 Å². The molecule has 3 aromatic rings. The SMILES string of the molecule is CC(C)(C)N(C(=O)O)c1ccc(C(=O)Nc2ccc3cc(C#N)ccc3c2)cc1.O=C(O)C(F)(F)F. The quantitative estimate of drug-likeness (QED) is 0.411. The first-order chi connectivity index (χ1) is 16.6. The maximum atomic E-state index is 12.6. The number of carbonyl (C=O) groups excluding carboxylic acids is 1. The molecule has 0 radical (unpaired) electrons. The number of nitrogens with zero attached hydrogens (tertiary/aromatic N) is 2. The Balaban J connectivity index is 0.000000572. The van der Waals surface area contributed by atoms with Gasteiger partial charge in [-0.3, -0.25) is 9.69 Å². The monoisotopic (exact) mass is 501 g/mol. The average Bonchev–Trinajstić information content (AvgIpc) is 2.77. The molecule has 36 heavy (non-hydrogen) atoms. The smallest absolute Gasteiger partial charge is 0.475 e. The van der Waals surface area contributed by atoms with Crippen molar-refractivity contribution in [2.45, 2.75) is 32.5 Å². The van der Waals surface area contributed by atoms with Crippen molar-refractivity contribution in [3.05, 3.63) is 71.8 Å². The van der Waals surface area contributed by atoms with E-state index < -0.39 is 23.8 Å². The number of halogens is 3. The van der Waals surface area contributed by atoms with E-state index in [4.69, 9.17) is 15.2 Å². The molecule has 0 fully saturated rings. The number of benzene rings is 3. The van der Waals surface area contributed by atoms with Gasteiger partial charge in [-0.05, 0) is 80.1 Å². The predicted molar refractivity (Wildman–Crippen MR) is 127 cm³/mol. The van der Waals surface area contributed by atoms with Crippen LogP contribution in [0.15, 0.2) is 60.7 Å². The molecule has 0 aromatic heterocycles. The summed E-state index contributed by atoms with van der Waals surface area (Å²) in [6.07, 6.45) is -6.13. The lowest BCUT2D eigenvalue weighted by atomic mass is 10.0. The molecule has 0 spiro atoms. The Kier molecular flexibility index (Phi) is 8.28. The maximum Gasteiger partial charge on any atom is 0.490 e. The van der Waals surface area contributed by atoms with Crippen molar-refractivity contribution in [2.24, 2.45) is 0 Å². The van der Waals surface area contributed by atoms with E-state index in [0.717, 1.165) is 10.8 Å². The maximum absolute atomic E-state index is 12.6. The zero-order valence-corrected chi connectivity index (χ0v) is 19.4. The second-order valence-electron chi connectivity index (χ2n) is 8.48. The fraction of sp³-hybridized carbons (Fsp3) is 0.200. The largest absolute Gasteiger partial charge is 0.490 e. The molecule has 0 atom stereocenters. The van der Waals surface area contributed by atoms with E-state index in [2.05, 4.69) is 11.4 Å². The summed E-state index contributed by atoms with van der Waals surface area (Å²) in [6.45, 7) is 5.42. The number of rotatable bonds is 3. The van der Waals surface area contributed by atoms with Crippen LogP contribution >= 0.6 is 0 Å². The standard InChI is InChI=1S/C23H21N3O3.C2HF3O2/c1-23(2,3)26(22(28)29)20-10-7-16(8-11-20)21(27)25-19-9-6-17-12-15(14-24)4-5-18(17)13-19;3-2(4,5)1(6)7/h4-13H,1-3H3,(H,25,27)(H,28,29);(H,6,7). The fourth-order valence-electron chi connectivity index (χ4n) is 3.14. The molecule has 0 heterocycles. The molecule has 0 unspecified atom stereocenters. The Morgan fingerprint density at radius 1 is 0.889 bits per heavy atom. The lowest BCUT2D eigenvalue weighted by molar-refractivity contribution is -0.192. The number of hydrogen-bond acceptors (Lipinski definition) is 4. The molecule has 2 amide bonds. The number of anilines is 2. The molecule has 3 rings (SSSR count). The molecule has 8 nitrogen and oxygen atoms in total. The number of hydrogen-bond donors (Lipinski definition) is 3. The number of carbonyl (C=O) groups is 3. The van der Waals surface area contributed by atoms with Crippen molar-refractivity contribution >= 4 is 40.1 Å². The van der Waals surface area contributed by atoms with Crippen LogP contribution in [0.25, 0.3) is 10.8 Å². The number of fused-ring (bicyclic) bond motifs is 1. The molecule has 0 bridgehead atoms. The van der Waals surface area contributed by atoms with Gasteiger partial charge in [-0.25, -0.2) is 9.59 Å². The Hall–Kier alpha value is -4.59. The van der Waals surface area contributed by atoms with Gasteiger partial charge in [-0.2, -0.15) is 18.4 Å². The molecule has 0 aliphatic rings. The molecule has 11 heteroatoms. The highest BCUT2D eigenvalue weighted by Gasteiger charge is 2.38. The van der Waals surface area contributed by atoms with Gasteiger partial charge in [0.2, 0.25) is 0 Å². The van der Waals surface area contributed by atoms with E-state index in [9.17, 15) is 27.9 Å². The van der Waals surface area contributed by atoms with E-state index in [0.29, 0.717) is 22.5 Å². The molecule has 3 N–H and O–H groups in total. The third-order valence-corrected chi connectivity index (χ3v) is 4.72. The first-order valence-corrected chi connectivity index (χ1v) is 10.3. The van der Waals surface area contributed by atoms with Gasteiger partial charge >= 0.3 is 18.2 Å². The van der Waals surface area contributed by atoms with Crippen molar-refractivity contribution in [1.29, 1.82) is 5.26 Å². The number of carboxylic acid groups (broad SMARTS) is 2. The van der Waals surface area contributed by atoms with Crippen LogP contribution in [0.3, 0.4) is 0 Å². The predicted octanol–water partition coefficient (Wildman–Crippen LogP) is 5.88. The first-order valence-electron chi connectivity index (χ1n) is 10.3. The van der Waals surface area contributed by atoms with E-state index in [1.54, 1.807) is 63.2 Å². The average molecular weight is 501 g/mol. The molecule has 188 valence electrons. The zero-order chi connectivity index (χ0) is 27.3. The van der Waals surface area contributed by atoms with Crippen molar-refractivity contribution in [2.75, 3.05) is 10.2 Å². The minimum absolute atomic E-state index is 0.290. The minimum Gasteiger partial charge on any atom is -0.475 e. The summed E-state index contributed by atoms with van der Waals surface area (Å²) in [7, 11) is 0. The van der Waals surface area contributed by atoms with Crippen LogP contribution < -0.4 is 10.2 Å². The lowest BCUT2D eigenvalue weighted by Crippen LogP contribution is -2.45. The van der Waals surface area contributed by atoms with Crippen molar-refractivity contribution in [3.8, 4) is 6.07 Å². The summed E-state index contributed by atoms with van der Waals surface area (Å²) in [5, 5.41) is 30.3. The van der Waals surface area contributed by atoms with E-state index in [1.165, 1.54) is 4.90 Å². The Morgan fingerprint density at radius 2 is 1.42 bits per heavy atom. The van der Waals surface area contributed by atoms with Gasteiger partial charge in [0.05, 0.1) is 11.6 Å². The van der Waals surface area contributed by atoms with Gasteiger partial charge in [0.1, 0.15) is 0 Å². The highest BCUT2D eigenvalue weighted by molar-refractivity contribution is 6.05. The Labute approximate surface area is 204 Å². The Morgan fingerprint density at radius 3 is 1.89 bits per heavy atom. The van der Waals surface area contributed by atoms with Gasteiger partial charge in [0, 0.05) is 22.5 Å². The lowest BCUT2D eigenvalue weighted by Gasteiger charge is -2.33. The minimum atomic E-state index is -5.08. The number of alkyl halides is 3. The highest BCUT2D eigenvalue weighted by Crippen LogP contribution is 2.25. The van der Waals surface area contributed by atoms with Crippen molar-refractivity contribution in [3.63, 3.8) is 0 Å². The van der Waals surface area contributed by atoms with Crippen LogP contribution in [0.1, 0.15) is 36.7 Å². The number of aliphatic carboxylic acids is 1. The summed E-state index contributed by atoms with van der Waals surface area (Å²) >= 11 is 0. The molecular weight excluding hydrogens is 479 g/mol. The van der Waals surface area contributed by atoms with Gasteiger partial charge in [-0.1, -0.05) is 12.1 Å². The van der Waals surface area contributed by atoms with Crippen LogP contribution in [-0.2, 0) is 4.79 Å². The molecule has 0 saturated carbocycles. The number of nitriles is 1. The summed E-state index contributed by atoms with van der Waals surface area (Å²) in [5.74, 6) is -3.05. The van der Waals surface area contributed by atoms with Gasteiger partial charge in [0.25, 0.3) is 5.91 Å². The number of amides is 2. The third kappa shape index (κ3) is 7.20. The molecule has 0 aliphatic carbocycles. The van der Waals surface area contributed by atoms with Gasteiger partial charge in [-0.15, -0.1) is 0 Å². The van der Waals surface area contributed by atoms with Crippen molar-refractivity contribution < 1.29 is 37.8 Å². The number of nitrogens with one attached hydrogen (secondary N) is 1. The van der Waals surface area contributed by atoms with E-state index in [-0.39, 0.29) is 5.91 Å². The second kappa shape index (κ2) is 10.8. The normalized spacial score (nSPS) is 11.0. The highest BCUT2D eigenvalue weighted by atomic mass is 19.4. The Bertz CT molecular complexity index is 1320. The molecule has 0 aliphatic heterocycles. The number of carboxylic acids is 1. The summed E-state index contributed by atoms with van der Waals surface area (Å²) in [5.41, 5.74) is 1.54. The van der Waals surface area contributed by atoms with Crippen LogP contribution in [0.4, 0.5) is 29.3 Å². The van der Waals surface area contributed by atoms with Crippen molar-refractivity contribution in [1.82, 2.24) is 0 Å². The third-order valence-electron chi connectivity index (χ3n) is 4.72. The topological polar surface area (TPSA) is 131 Å². The second-order valence-corrected chi connectivity index (χ2v) is 8.48. The first kappa shape index (κ1) is 27.7. The molecule has 0 saturated heterocycles. The fourth-order valence-corrected chi connectivity index (χ4v) is 3.14. The van der Waals surface area contributed by atoms with Gasteiger partial charge < -0.3 is 15.5 Å². The van der Waals surface area contributed by atoms with Crippen LogP contribution in [0.2, 0.25) is 0 Å². The van der Waals surface area contributed by atoms with Crippen LogP contribution in [-0.4, -0.2) is 39.9 Å². The van der Waals surface area contributed by atoms with Crippen LogP contribution in [0.5, 0.6) is 0 Å². The van der Waals surface area contributed by atoms with E-state index >= 15 is 0 Å². The molecular formula is C25H22F3N3O5. The summed E-state index contributed by atoms with van der Waals surface area (Å²) < 4.78 is 31.7.